The quantitative estimate of drug-likeness (QED) is 0.892. The zero-order valence-corrected chi connectivity index (χ0v) is 11.7. The lowest BCUT2D eigenvalue weighted by Gasteiger charge is -2.09. The van der Waals surface area contributed by atoms with E-state index in [1.807, 2.05) is 0 Å². The zero-order valence-electron chi connectivity index (χ0n) is 10.1. The van der Waals surface area contributed by atoms with Gasteiger partial charge in [-0.1, -0.05) is 6.07 Å². The van der Waals surface area contributed by atoms with Crippen molar-refractivity contribution in [2.24, 2.45) is 0 Å². The van der Waals surface area contributed by atoms with E-state index in [0.717, 1.165) is 5.56 Å². The third-order valence-electron chi connectivity index (χ3n) is 2.53. The summed E-state index contributed by atoms with van der Waals surface area (Å²) in [5.74, 6) is -0.531. The minimum Gasteiger partial charge on any atom is -0.397 e. The molecule has 1 heterocycles. The third-order valence-corrected chi connectivity index (χ3v) is 3.33. The summed E-state index contributed by atoms with van der Waals surface area (Å²) in [4.78, 5) is 16.1. The van der Waals surface area contributed by atoms with Gasteiger partial charge in [0.05, 0.1) is 21.9 Å². The van der Waals surface area contributed by atoms with Crippen LogP contribution >= 0.6 is 15.9 Å². The normalized spacial score (nSPS) is 10.3. The van der Waals surface area contributed by atoms with Crippen LogP contribution < -0.4 is 11.1 Å². The largest absolute Gasteiger partial charge is 0.397 e. The Morgan fingerprint density at radius 2 is 2.21 bits per heavy atom. The van der Waals surface area contributed by atoms with Gasteiger partial charge in [-0.25, -0.2) is 9.37 Å². The number of amides is 1. The van der Waals surface area contributed by atoms with Gasteiger partial charge >= 0.3 is 0 Å². The highest BCUT2D eigenvalue weighted by atomic mass is 79.9. The van der Waals surface area contributed by atoms with E-state index in [4.69, 9.17) is 5.73 Å². The van der Waals surface area contributed by atoms with Gasteiger partial charge in [-0.3, -0.25) is 4.79 Å². The Labute approximate surface area is 118 Å². The molecule has 0 spiro atoms. The predicted molar refractivity (Wildman–Crippen MR) is 75.4 cm³/mol. The summed E-state index contributed by atoms with van der Waals surface area (Å²) in [7, 11) is 0. The lowest BCUT2D eigenvalue weighted by atomic mass is 10.2. The number of halogens is 2. The van der Waals surface area contributed by atoms with Crippen LogP contribution in [0.2, 0.25) is 0 Å². The molecule has 1 amide bonds. The van der Waals surface area contributed by atoms with Crippen LogP contribution in [0.3, 0.4) is 0 Å². The van der Waals surface area contributed by atoms with E-state index in [0.29, 0.717) is 11.5 Å². The van der Waals surface area contributed by atoms with E-state index in [2.05, 4.69) is 26.2 Å². The molecule has 19 heavy (non-hydrogen) atoms. The average molecular weight is 324 g/mol. The number of pyridine rings is 1. The highest BCUT2D eigenvalue weighted by Crippen LogP contribution is 2.22. The van der Waals surface area contributed by atoms with Gasteiger partial charge in [-0.2, -0.15) is 0 Å². The molecule has 0 saturated heterocycles. The van der Waals surface area contributed by atoms with Crippen molar-refractivity contribution < 1.29 is 9.18 Å². The van der Waals surface area contributed by atoms with Gasteiger partial charge < -0.3 is 11.1 Å². The molecule has 0 bridgehead atoms. The molecule has 98 valence electrons. The first-order chi connectivity index (χ1) is 8.99. The molecule has 0 atom stereocenters. The smallest absolute Gasteiger partial charge is 0.258 e. The predicted octanol–water partition coefficient (Wildman–Crippen LogP) is 3.13. The van der Waals surface area contributed by atoms with Crippen molar-refractivity contribution in [1.82, 2.24) is 4.98 Å². The number of anilines is 2. The fourth-order valence-electron chi connectivity index (χ4n) is 1.58. The molecule has 1 aromatic carbocycles. The molecule has 0 aliphatic heterocycles. The maximum atomic E-state index is 13.4. The Bertz CT molecular complexity index is 646. The van der Waals surface area contributed by atoms with Gasteiger partial charge in [0.25, 0.3) is 5.91 Å². The molecule has 1 aromatic heterocycles. The number of nitrogens with one attached hydrogen (secondary N) is 1. The Kier molecular flexibility index (Phi) is 3.80. The van der Waals surface area contributed by atoms with Gasteiger partial charge in [-0.05, 0) is 46.6 Å². The van der Waals surface area contributed by atoms with E-state index in [1.165, 1.54) is 24.4 Å². The number of carbonyl (C=O) groups is 1. The molecule has 2 aromatic rings. The van der Waals surface area contributed by atoms with Crippen LogP contribution in [0.15, 0.2) is 34.9 Å². The summed E-state index contributed by atoms with van der Waals surface area (Å²) in [5, 5.41) is 2.62. The van der Waals surface area contributed by atoms with Crippen LogP contribution in [0, 0.1) is 12.7 Å². The molecule has 4 nitrogen and oxygen atoms in total. The fraction of sp³-hybridized carbons (Fsp3) is 0.0769. The number of aryl methyl sites for hydroxylation is 1. The first-order valence-electron chi connectivity index (χ1n) is 5.46. The molecule has 0 radical (unpaired) electrons. The van der Waals surface area contributed by atoms with Gasteiger partial charge in [0.1, 0.15) is 11.6 Å². The molecule has 0 saturated carbocycles. The summed E-state index contributed by atoms with van der Waals surface area (Å²) in [6.45, 7) is 1.78. The third kappa shape index (κ3) is 2.90. The molecule has 0 aliphatic carbocycles. The molecule has 0 fully saturated rings. The molecule has 0 aliphatic rings. The van der Waals surface area contributed by atoms with E-state index in [9.17, 15) is 9.18 Å². The summed E-state index contributed by atoms with van der Waals surface area (Å²) in [5.41, 5.74) is 7.04. The number of rotatable bonds is 2. The zero-order chi connectivity index (χ0) is 14.0. The number of nitrogen functional groups attached to an aromatic ring is 1. The second kappa shape index (κ2) is 5.36. The number of carbonyl (C=O) groups excluding carboxylic acids is 1. The van der Waals surface area contributed by atoms with Gasteiger partial charge in [0.2, 0.25) is 0 Å². The number of hydrogen-bond acceptors (Lipinski definition) is 3. The highest BCUT2D eigenvalue weighted by molar-refractivity contribution is 9.10. The summed E-state index contributed by atoms with van der Waals surface area (Å²) in [6, 6.07) is 5.96. The second-order valence-electron chi connectivity index (χ2n) is 3.99. The Balaban J connectivity index is 2.28. The van der Waals surface area contributed by atoms with Crippen LogP contribution in [-0.2, 0) is 0 Å². The van der Waals surface area contributed by atoms with Crippen molar-refractivity contribution in [2.45, 2.75) is 6.92 Å². The monoisotopic (exact) mass is 323 g/mol. The van der Waals surface area contributed by atoms with E-state index < -0.39 is 11.7 Å². The van der Waals surface area contributed by atoms with Gasteiger partial charge in [-0.15, -0.1) is 0 Å². The number of benzene rings is 1. The average Bonchev–Trinajstić information content (AvgIpc) is 2.36. The van der Waals surface area contributed by atoms with Crippen molar-refractivity contribution in [3.05, 3.63) is 51.9 Å². The highest BCUT2D eigenvalue weighted by Gasteiger charge is 2.14. The maximum absolute atomic E-state index is 13.4. The molecule has 3 N–H and O–H groups in total. The van der Waals surface area contributed by atoms with Crippen molar-refractivity contribution in [2.75, 3.05) is 11.1 Å². The molecular formula is C13H11BrFN3O. The summed E-state index contributed by atoms with van der Waals surface area (Å²) in [6.07, 6.45) is 1.45. The summed E-state index contributed by atoms with van der Waals surface area (Å²) < 4.78 is 13.5. The molecule has 6 heteroatoms. The van der Waals surface area contributed by atoms with Crippen molar-refractivity contribution in [1.29, 1.82) is 0 Å². The lowest BCUT2D eigenvalue weighted by Crippen LogP contribution is -2.15. The lowest BCUT2D eigenvalue weighted by molar-refractivity contribution is 0.102. The van der Waals surface area contributed by atoms with Gasteiger partial charge in [0, 0.05) is 0 Å². The minimum absolute atomic E-state index is 0.126. The standard InChI is InChI=1S/C13H11BrFN3O/c1-7-5-8(16)6-17-12(7)18-13(19)9-3-2-4-10(15)11(9)14/h2-6H,16H2,1H3,(H,17,18,19). The maximum Gasteiger partial charge on any atom is 0.258 e. The minimum atomic E-state index is -0.491. The van der Waals surface area contributed by atoms with E-state index >= 15 is 0 Å². The number of nitrogens with zero attached hydrogens (tertiary/aromatic N) is 1. The summed E-state index contributed by atoms with van der Waals surface area (Å²) >= 11 is 3.05. The number of hydrogen-bond donors (Lipinski definition) is 2. The SMILES string of the molecule is Cc1cc(N)cnc1NC(=O)c1cccc(F)c1Br. The second-order valence-corrected chi connectivity index (χ2v) is 4.78. The van der Waals surface area contributed by atoms with Crippen LogP contribution in [0.5, 0.6) is 0 Å². The topological polar surface area (TPSA) is 68.0 Å². The molecular weight excluding hydrogens is 313 g/mol. The number of nitrogens with two attached hydrogens (primary N) is 1. The van der Waals surface area contributed by atoms with E-state index in [-0.39, 0.29) is 10.0 Å². The first kappa shape index (κ1) is 13.5. The Morgan fingerprint density at radius 3 is 2.89 bits per heavy atom. The van der Waals surface area contributed by atoms with Crippen LogP contribution in [0.25, 0.3) is 0 Å². The first-order valence-corrected chi connectivity index (χ1v) is 6.26. The fourth-order valence-corrected chi connectivity index (χ4v) is 2.03. The van der Waals surface area contributed by atoms with Crippen molar-refractivity contribution in [3.8, 4) is 0 Å². The van der Waals surface area contributed by atoms with Crippen LogP contribution in [-0.4, -0.2) is 10.9 Å². The van der Waals surface area contributed by atoms with Crippen molar-refractivity contribution in [3.63, 3.8) is 0 Å². The Morgan fingerprint density at radius 1 is 1.47 bits per heavy atom. The van der Waals surface area contributed by atoms with Crippen LogP contribution in [0.4, 0.5) is 15.9 Å². The molecule has 0 unspecified atom stereocenters. The number of aromatic nitrogens is 1. The Hall–Kier alpha value is -1.95. The van der Waals surface area contributed by atoms with Crippen molar-refractivity contribution >= 4 is 33.3 Å². The van der Waals surface area contributed by atoms with Gasteiger partial charge in [0.15, 0.2) is 0 Å². The van der Waals surface area contributed by atoms with Crippen LogP contribution in [0.1, 0.15) is 15.9 Å². The molecule has 2 rings (SSSR count). The van der Waals surface area contributed by atoms with E-state index in [1.54, 1.807) is 13.0 Å².